The third kappa shape index (κ3) is 2.24. The Bertz CT molecular complexity index is 245. The molecular formula is C9H9ClO2. The molecule has 0 saturated carbocycles. The summed E-state index contributed by atoms with van der Waals surface area (Å²) in [7, 11) is 0. The maximum Gasteiger partial charge on any atom is 0.304 e. The largest absolute Gasteiger partial charge is 0.481 e. The summed E-state index contributed by atoms with van der Waals surface area (Å²) < 4.78 is 0. The van der Waals surface area contributed by atoms with Crippen molar-refractivity contribution >= 4 is 17.6 Å². The highest BCUT2D eigenvalue weighted by molar-refractivity contribution is 6.18. The molecule has 0 radical (unpaired) electrons. The van der Waals surface area contributed by atoms with Crippen molar-refractivity contribution in [1.29, 1.82) is 0 Å². The molecule has 0 saturated heterocycles. The van der Waals surface area contributed by atoms with Crippen LogP contribution in [0.3, 0.4) is 0 Å². The highest BCUT2D eigenvalue weighted by Gasteiger charge is 2.03. The zero-order valence-electron chi connectivity index (χ0n) is 6.46. The first-order valence-electron chi connectivity index (χ1n) is 3.62. The van der Waals surface area contributed by atoms with Gasteiger partial charge < -0.3 is 5.11 Å². The zero-order valence-corrected chi connectivity index (χ0v) is 7.21. The summed E-state index contributed by atoms with van der Waals surface area (Å²) in [6.07, 6.45) is 0.0571. The molecule has 0 bridgehead atoms. The molecule has 0 atom stereocenters. The van der Waals surface area contributed by atoms with Crippen molar-refractivity contribution in [3.05, 3.63) is 24.3 Å². The van der Waals surface area contributed by atoms with Gasteiger partial charge in [-0.05, 0) is 11.1 Å². The molecule has 0 heterocycles. The van der Waals surface area contributed by atoms with E-state index < -0.39 is 5.97 Å². The molecule has 3 heteroatoms. The lowest BCUT2D eigenvalue weighted by molar-refractivity contribution is -0.136. The average Bonchev–Trinajstić information content (AvgIpc) is 1.98. The summed E-state index contributed by atoms with van der Waals surface area (Å²) in [4.78, 5) is 9.51. The first-order valence-corrected chi connectivity index (χ1v) is 4.15. The van der Waals surface area contributed by atoms with Crippen LogP contribution in [0.4, 0.5) is 0 Å². The van der Waals surface area contributed by atoms with E-state index in [0.29, 0.717) is 0 Å². The van der Waals surface area contributed by atoms with Crippen molar-refractivity contribution in [2.24, 2.45) is 0 Å². The van der Waals surface area contributed by atoms with Gasteiger partial charge in [0, 0.05) is 5.88 Å². The van der Waals surface area contributed by atoms with E-state index in [1.54, 1.807) is 0 Å². The number of aliphatic carboxylic acids is 1. The van der Waals surface area contributed by atoms with E-state index >= 15 is 0 Å². The third-order valence-corrected chi connectivity index (χ3v) is 1.72. The summed E-state index contributed by atoms with van der Waals surface area (Å²) >= 11 is 5.02. The van der Waals surface area contributed by atoms with E-state index in [1.807, 2.05) is 0 Å². The lowest BCUT2D eigenvalue weighted by Crippen LogP contribution is -1.93. The minimum absolute atomic E-state index is 0.0571. The normalized spacial score (nSPS) is 9.75. The fraction of sp³-hybridized carbons (Fsp3) is 0.222. The SMILES string of the molecule is O=C(O)CCCl.c1cc2ccc1-2. The Balaban J connectivity index is 0.000000120. The number of rotatable bonds is 2. The predicted octanol–water partition coefficient (Wildman–Crippen LogP) is 2.37. The molecule has 0 aromatic carbocycles. The molecule has 64 valence electrons. The van der Waals surface area contributed by atoms with Gasteiger partial charge in [0.05, 0.1) is 6.42 Å². The number of alkyl halides is 1. The number of fused-ring (bicyclic) bond motifs is 1. The van der Waals surface area contributed by atoms with Crippen LogP contribution in [-0.4, -0.2) is 17.0 Å². The van der Waals surface area contributed by atoms with Gasteiger partial charge in [-0.2, -0.15) is 0 Å². The molecule has 0 fully saturated rings. The molecule has 0 aliphatic heterocycles. The fourth-order valence-electron chi connectivity index (χ4n) is 0.744. The van der Waals surface area contributed by atoms with Crippen LogP contribution in [0.25, 0.3) is 11.1 Å². The standard InChI is InChI=1S/C6H4.C3H5ClO2/c1-2-6-4-3-5(1)6;4-2-1-3(5)6/h1-4H;1-2H2,(H,5,6). The maximum atomic E-state index is 9.51. The Morgan fingerprint density at radius 3 is 1.67 bits per heavy atom. The van der Waals surface area contributed by atoms with Gasteiger partial charge >= 0.3 is 5.97 Å². The molecule has 0 unspecified atom stereocenters. The second kappa shape index (κ2) is 4.12. The molecule has 2 rings (SSSR count). The summed E-state index contributed by atoms with van der Waals surface area (Å²) in [5.41, 5.74) is 2.85. The number of hydrogen-bond acceptors (Lipinski definition) is 1. The summed E-state index contributed by atoms with van der Waals surface area (Å²) in [5.74, 6) is -0.639. The van der Waals surface area contributed by atoms with Gasteiger partial charge in [-0.25, -0.2) is 0 Å². The van der Waals surface area contributed by atoms with E-state index in [0.717, 1.165) is 0 Å². The van der Waals surface area contributed by atoms with Crippen molar-refractivity contribution in [1.82, 2.24) is 0 Å². The Hall–Kier alpha value is -1.02. The Kier molecular flexibility index (Phi) is 3.11. The van der Waals surface area contributed by atoms with Gasteiger partial charge in [0.15, 0.2) is 0 Å². The van der Waals surface area contributed by atoms with Crippen molar-refractivity contribution in [3.8, 4) is 11.1 Å². The lowest BCUT2D eigenvalue weighted by Gasteiger charge is -2.10. The second-order valence-electron chi connectivity index (χ2n) is 2.41. The number of carboxylic acids is 1. The van der Waals surface area contributed by atoms with E-state index in [1.165, 1.54) is 11.1 Å². The summed E-state index contributed by atoms with van der Waals surface area (Å²) in [5, 5.41) is 7.83. The van der Waals surface area contributed by atoms with Crippen molar-refractivity contribution < 1.29 is 9.90 Å². The van der Waals surface area contributed by atoms with Crippen molar-refractivity contribution in [2.45, 2.75) is 6.42 Å². The highest BCUT2D eigenvalue weighted by atomic mass is 35.5. The third-order valence-electron chi connectivity index (χ3n) is 1.53. The molecule has 0 aromatic heterocycles. The van der Waals surface area contributed by atoms with Crippen LogP contribution in [0, 0.1) is 0 Å². The van der Waals surface area contributed by atoms with E-state index in [-0.39, 0.29) is 12.3 Å². The van der Waals surface area contributed by atoms with Crippen LogP contribution < -0.4 is 0 Å². The molecule has 12 heavy (non-hydrogen) atoms. The molecule has 0 aromatic rings. The van der Waals surface area contributed by atoms with Crippen LogP contribution in [0.15, 0.2) is 24.3 Å². The summed E-state index contributed by atoms with van der Waals surface area (Å²) in [6.45, 7) is 0. The van der Waals surface area contributed by atoms with Crippen molar-refractivity contribution in [3.63, 3.8) is 0 Å². The lowest BCUT2D eigenvalue weighted by atomic mass is 9.95. The van der Waals surface area contributed by atoms with Gasteiger partial charge in [0.25, 0.3) is 0 Å². The van der Waals surface area contributed by atoms with Gasteiger partial charge in [-0.15, -0.1) is 11.6 Å². The topological polar surface area (TPSA) is 37.3 Å². The minimum atomic E-state index is -0.843. The number of carboxylic acid groups (broad SMARTS) is 1. The molecule has 1 N–H and O–H groups in total. The van der Waals surface area contributed by atoms with Crippen LogP contribution >= 0.6 is 11.6 Å². The van der Waals surface area contributed by atoms with Gasteiger partial charge in [0.1, 0.15) is 0 Å². The van der Waals surface area contributed by atoms with Gasteiger partial charge in [-0.3, -0.25) is 4.79 Å². The van der Waals surface area contributed by atoms with Crippen LogP contribution in [-0.2, 0) is 4.79 Å². The maximum absolute atomic E-state index is 9.51. The van der Waals surface area contributed by atoms with Crippen LogP contribution in [0.1, 0.15) is 6.42 Å². The predicted molar refractivity (Wildman–Crippen MR) is 48.4 cm³/mol. The molecule has 0 spiro atoms. The Morgan fingerprint density at radius 1 is 1.25 bits per heavy atom. The first kappa shape index (κ1) is 9.07. The number of hydrogen-bond donors (Lipinski definition) is 1. The molecular weight excluding hydrogens is 176 g/mol. The Labute approximate surface area is 75.8 Å². The summed E-state index contributed by atoms with van der Waals surface area (Å²) in [6, 6.07) is 8.48. The molecule has 0 amide bonds. The van der Waals surface area contributed by atoms with Gasteiger partial charge in [-0.1, -0.05) is 24.3 Å². The van der Waals surface area contributed by atoms with E-state index in [4.69, 9.17) is 16.7 Å². The average molecular weight is 185 g/mol. The molecule has 2 nitrogen and oxygen atoms in total. The van der Waals surface area contributed by atoms with Crippen LogP contribution in [0.2, 0.25) is 0 Å². The monoisotopic (exact) mass is 184 g/mol. The fourth-order valence-corrected chi connectivity index (χ4v) is 0.905. The first-order chi connectivity index (χ1) is 5.74. The quantitative estimate of drug-likeness (QED) is 0.728. The van der Waals surface area contributed by atoms with Crippen LogP contribution in [0.5, 0.6) is 0 Å². The van der Waals surface area contributed by atoms with Gasteiger partial charge in [0.2, 0.25) is 0 Å². The molecule has 2 aliphatic carbocycles. The smallest absolute Gasteiger partial charge is 0.304 e. The second-order valence-corrected chi connectivity index (χ2v) is 2.79. The highest BCUT2D eigenvalue weighted by Crippen LogP contribution is 2.29. The molecule has 2 aliphatic rings. The van der Waals surface area contributed by atoms with Crippen molar-refractivity contribution in [2.75, 3.05) is 5.88 Å². The Morgan fingerprint density at radius 2 is 1.67 bits per heavy atom. The number of halogens is 1. The minimum Gasteiger partial charge on any atom is -0.481 e. The number of benzene rings is 1. The zero-order chi connectivity index (χ0) is 8.97. The van der Waals surface area contributed by atoms with E-state index in [2.05, 4.69) is 24.3 Å². The van der Waals surface area contributed by atoms with E-state index in [9.17, 15) is 4.79 Å². The number of carbonyl (C=O) groups is 1.